The molecule has 2 nitrogen and oxygen atoms in total. The van der Waals surface area contributed by atoms with Gasteiger partial charge in [-0.2, -0.15) is 0 Å². The van der Waals surface area contributed by atoms with Crippen molar-refractivity contribution in [1.29, 1.82) is 0 Å². The molecule has 0 aliphatic heterocycles. The Labute approximate surface area is 56.0 Å². The minimum absolute atomic E-state index is 0.736. The maximum Gasteiger partial charge on any atom is 0.0761 e. The summed E-state index contributed by atoms with van der Waals surface area (Å²) in [6.07, 6.45) is 1.71. The monoisotopic (exact) mass is 124 g/mol. The molecule has 0 rings (SSSR count). The summed E-state index contributed by atoms with van der Waals surface area (Å²) in [7, 11) is 1.73. The molecule has 0 bridgehead atoms. The Kier molecular flexibility index (Phi) is 3.60. The van der Waals surface area contributed by atoms with Crippen LogP contribution in [0.3, 0.4) is 0 Å². The summed E-state index contributed by atoms with van der Waals surface area (Å²) < 4.78 is 0. The van der Waals surface area contributed by atoms with Crippen LogP contribution in [0.15, 0.2) is 22.3 Å². The lowest BCUT2D eigenvalue weighted by Gasteiger charge is -1.93. The lowest BCUT2D eigenvalue weighted by atomic mass is 10.3. The van der Waals surface area contributed by atoms with Gasteiger partial charge < -0.3 is 0 Å². The molecule has 0 aromatic heterocycles. The van der Waals surface area contributed by atoms with Crippen LogP contribution in [-0.4, -0.2) is 19.0 Å². The van der Waals surface area contributed by atoms with E-state index in [4.69, 9.17) is 0 Å². The SMILES string of the molecule is C=C(N=CC)C(C)=NC. The van der Waals surface area contributed by atoms with Crippen LogP contribution in [0, 0.1) is 0 Å². The molecule has 0 spiro atoms. The highest BCUT2D eigenvalue weighted by molar-refractivity contribution is 5.98. The fraction of sp³-hybridized carbons (Fsp3) is 0.429. The molecule has 0 saturated heterocycles. The molecule has 0 aliphatic rings. The second-order valence-corrected chi connectivity index (χ2v) is 1.64. The first-order valence-corrected chi connectivity index (χ1v) is 2.83. The van der Waals surface area contributed by atoms with Crippen molar-refractivity contribution in [3.8, 4) is 0 Å². The standard InChI is InChI=1S/C7H12N2/c1-5-9-7(3)6(2)8-4/h5H,3H2,1-2,4H3. The van der Waals surface area contributed by atoms with Gasteiger partial charge in [0.25, 0.3) is 0 Å². The Hall–Kier alpha value is -0.920. The number of hydrogen-bond acceptors (Lipinski definition) is 2. The molecule has 2 heteroatoms. The molecule has 0 amide bonds. The average molecular weight is 124 g/mol. The zero-order chi connectivity index (χ0) is 7.28. The quantitative estimate of drug-likeness (QED) is 0.500. The van der Waals surface area contributed by atoms with Crippen LogP contribution >= 0.6 is 0 Å². The third kappa shape index (κ3) is 2.80. The maximum absolute atomic E-state index is 3.95. The summed E-state index contributed by atoms with van der Waals surface area (Å²) in [5.74, 6) is 0. The van der Waals surface area contributed by atoms with Gasteiger partial charge in [-0.1, -0.05) is 6.58 Å². The van der Waals surface area contributed by atoms with Crippen LogP contribution in [-0.2, 0) is 0 Å². The van der Waals surface area contributed by atoms with E-state index in [1.165, 1.54) is 0 Å². The lowest BCUT2D eigenvalue weighted by molar-refractivity contribution is 1.37. The van der Waals surface area contributed by atoms with Crippen molar-refractivity contribution < 1.29 is 0 Å². The molecule has 0 N–H and O–H groups in total. The molecule has 0 heterocycles. The van der Waals surface area contributed by atoms with Crippen molar-refractivity contribution >= 4 is 11.9 Å². The summed E-state index contributed by atoms with van der Waals surface area (Å²) in [5.41, 5.74) is 1.62. The molecule has 0 unspecified atom stereocenters. The summed E-state index contributed by atoms with van der Waals surface area (Å²) in [6.45, 7) is 7.43. The fourth-order valence-electron chi connectivity index (χ4n) is 0.378. The van der Waals surface area contributed by atoms with Gasteiger partial charge in [0.15, 0.2) is 0 Å². The van der Waals surface area contributed by atoms with Crippen LogP contribution < -0.4 is 0 Å². The van der Waals surface area contributed by atoms with Crippen molar-refractivity contribution in [2.24, 2.45) is 9.98 Å². The van der Waals surface area contributed by atoms with E-state index in [0.29, 0.717) is 0 Å². The van der Waals surface area contributed by atoms with Gasteiger partial charge >= 0.3 is 0 Å². The molecule has 0 atom stereocenters. The minimum Gasteiger partial charge on any atom is -0.291 e. The van der Waals surface area contributed by atoms with Crippen LogP contribution in [0.25, 0.3) is 0 Å². The van der Waals surface area contributed by atoms with Gasteiger partial charge in [0.05, 0.1) is 11.4 Å². The zero-order valence-electron chi connectivity index (χ0n) is 6.18. The van der Waals surface area contributed by atoms with Crippen LogP contribution in [0.2, 0.25) is 0 Å². The summed E-state index contributed by atoms with van der Waals surface area (Å²) in [4.78, 5) is 7.86. The first-order chi connectivity index (χ1) is 4.22. The van der Waals surface area contributed by atoms with Gasteiger partial charge in [-0.25, -0.2) is 0 Å². The average Bonchev–Trinajstić information content (AvgIpc) is 1.87. The molecule has 0 aromatic rings. The van der Waals surface area contributed by atoms with E-state index in [0.717, 1.165) is 11.4 Å². The van der Waals surface area contributed by atoms with Gasteiger partial charge in [0.2, 0.25) is 0 Å². The largest absolute Gasteiger partial charge is 0.291 e. The Morgan fingerprint density at radius 3 is 2.44 bits per heavy atom. The highest BCUT2D eigenvalue weighted by atomic mass is 14.8. The molecule has 0 saturated carbocycles. The lowest BCUT2D eigenvalue weighted by Crippen LogP contribution is -1.91. The van der Waals surface area contributed by atoms with E-state index >= 15 is 0 Å². The number of hydrogen-bond donors (Lipinski definition) is 0. The topological polar surface area (TPSA) is 24.7 Å². The van der Waals surface area contributed by atoms with E-state index in [9.17, 15) is 0 Å². The van der Waals surface area contributed by atoms with Crippen molar-refractivity contribution in [2.75, 3.05) is 7.05 Å². The number of nitrogens with zero attached hydrogens (tertiary/aromatic N) is 2. The summed E-state index contributed by atoms with van der Waals surface area (Å²) >= 11 is 0. The van der Waals surface area contributed by atoms with Crippen molar-refractivity contribution in [1.82, 2.24) is 0 Å². The van der Waals surface area contributed by atoms with Gasteiger partial charge in [-0.15, -0.1) is 0 Å². The van der Waals surface area contributed by atoms with Crippen molar-refractivity contribution in [3.05, 3.63) is 12.3 Å². The van der Waals surface area contributed by atoms with Gasteiger partial charge in [-0.3, -0.25) is 9.98 Å². The molecule has 0 aliphatic carbocycles. The maximum atomic E-state index is 3.95. The number of allylic oxidation sites excluding steroid dienone is 1. The number of aliphatic imine (C=N–C) groups is 2. The Balaban J connectivity index is 4.05. The highest BCUT2D eigenvalue weighted by Gasteiger charge is 1.89. The third-order valence-corrected chi connectivity index (χ3v) is 1.04. The fourth-order valence-corrected chi connectivity index (χ4v) is 0.378. The third-order valence-electron chi connectivity index (χ3n) is 1.04. The Bertz CT molecular complexity index is 154. The van der Waals surface area contributed by atoms with Crippen LogP contribution in [0.1, 0.15) is 13.8 Å². The van der Waals surface area contributed by atoms with E-state index < -0.39 is 0 Å². The molecular formula is C7H12N2. The van der Waals surface area contributed by atoms with Crippen LogP contribution in [0.4, 0.5) is 0 Å². The first-order valence-electron chi connectivity index (χ1n) is 2.83. The van der Waals surface area contributed by atoms with E-state index in [-0.39, 0.29) is 0 Å². The second-order valence-electron chi connectivity index (χ2n) is 1.64. The first kappa shape index (κ1) is 8.08. The van der Waals surface area contributed by atoms with Crippen molar-refractivity contribution in [3.63, 3.8) is 0 Å². The van der Waals surface area contributed by atoms with Gasteiger partial charge in [0.1, 0.15) is 0 Å². The minimum atomic E-state index is 0.736. The summed E-state index contributed by atoms with van der Waals surface area (Å²) in [5, 5.41) is 0. The molecule has 0 radical (unpaired) electrons. The van der Waals surface area contributed by atoms with E-state index in [1.54, 1.807) is 13.3 Å². The number of rotatable bonds is 2. The highest BCUT2D eigenvalue weighted by Crippen LogP contribution is 1.93. The molecular weight excluding hydrogens is 112 g/mol. The molecule has 0 aromatic carbocycles. The predicted molar refractivity (Wildman–Crippen MR) is 42.3 cm³/mol. The van der Waals surface area contributed by atoms with Gasteiger partial charge in [0, 0.05) is 13.3 Å². The zero-order valence-corrected chi connectivity index (χ0v) is 6.18. The Morgan fingerprint density at radius 2 is 2.11 bits per heavy atom. The van der Waals surface area contributed by atoms with E-state index in [2.05, 4.69) is 16.6 Å². The van der Waals surface area contributed by atoms with Gasteiger partial charge in [-0.05, 0) is 13.8 Å². The molecule has 50 valence electrons. The smallest absolute Gasteiger partial charge is 0.0761 e. The predicted octanol–water partition coefficient (Wildman–Crippen LogP) is 1.68. The summed E-state index contributed by atoms with van der Waals surface area (Å²) in [6, 6.07) is 0. The van der Waals surface area contributed by atoms with E-state index in [1.807, 2.05) is 13.8 Å². The second kappa shape index (κ2) is 4.01. The van der Waals surface area contributed by atoms with Crippen LogP contribution in [0.5, 0.6) is 0 Å². The molecule has 9 heavy (non-hydrogen) atoms. The molecule has 0 fully saturated rings. The normalized spacial score (nSPS) is 12.6. The van der Waals surface area contributed by atoms with Crippen molar-refractivity contribution in [2.45, 2.75) is 13.8 Å². The Morgan fingerprint density at radius 1 is 1.56 bits per heavy atom.